The van der Waals surface area contributed by atoms with Crippen LogP contribution in [0.3, 0.4) is 0 Å². The van der Waals surface area contributed by atoms with E-state index in [9.17, 15) is 18.7 Å². The largest absolute Gasteiger partial charge is 0.395 e. The average Bonchev–Trinajstić information content (AvgIpc) is 2.72. The maximum atomic E-state index is 14.2. The zero-order chi connectivity index (χ0) is 20.5. The molecular weight excluding hydrogens is 376 g/mol. The van der Waals surface area contributed by atoms with Crippen LogP contribution in [0.1, 0.15) is 30.4 Å². The predicted molar refractivity (Wildman–Crippen MR) is 107 cm³/mol. The number of nitrogens with one attached hydrogen (secondary N) is 1. The second kappa shape index (κ2) is 8.08. The van der Waals surface area contributed by atoms with Gasteiger partial charge in [-0.2, -0.15) is 0 Å². The molecule has 0 aromatic heterocycles. The van der Waals surface area contributed by atoms with Crippen molar-refractivity contribution in [3.05, 3.63) is 65.2 Å². The maximum Gasteiger partial charge on any atom is 0.321 e. The van der Waals surface area contributed by atoms with Gasteiger partial charge in [-0.15, -0.1) is 0 Å². The highest BCUT2D eigenvalue weighted by Crippen LogP contribution is 2.48. The van der Waals surface area contributed by atoms with E-state index in [1.165, 1.54) is 6.07 Å². The number of halogens is 2. The molecule has 2 amide bonds. The molecule has 1 fully saturated rings. The first-order valence-corrected chi connectivity index (χ1v) is 10.00. The number of aliphatic hydroxyl groups excluding tert-OH is 1. The van der Waals surface area contributed by atoms with Crippen LogP contribution in [0.15, 0.2) is 42.5 Å². The highest BCUT2D eigenvalue weighted by Gasteiger charge is 2.53. The number of rotatable bonds is 5. The number of hydrogen-bond acceptors (Lipinski definition) is 3. The molecule has 5 nitrogen and oxygen atoms in total. The zero-order valence-corrected chi connectivity index (χ0v) is 16.3. The average molecular weight is 401 g/mol. The molecule has 29 heavy (non-hydrogen) atoms. The molecule has 0 spiro atoms. The Kier molecular flexibility index (Phi) is 5.52. The molecule has 0 saturated carbocycles. The van der Waals surface area contributed by atoms with Crippen molar-refractivity contribution in [2.45, 2.75) is 37.9 Å². The van der Waals surface area contributed by atoms with Crippen molar-refractivity contribution >= 4 is 11.7 Å². The fourth-order valence-electron chi connectivity index (χ4n) is 4.58. The van der Waals surface area contributed by atoms with Crippen LogP contribution in [-0.4, -0.2) is 47.8 Å². The van der Waals surface area contributed by atoms with Crippen molar-refractivity contribution in [1.82, 2.24) is 10.2 Å². The zero-order valence-electron chi connectivity index (χ0n) is 16.3. The number of benzene rings is 2. The molecule has 7 heteroatoms. The van der Waals surface area contributed by atoms with Gasteiger partial charge in [-0.3, -0.25) is 9.80 Å². The van der Waals surface area contributed by atoms with Crippen LogP contribution in [-0.2, 0) is 6.54 Å². The number of aliphatic hydroxyl groups is 1. The van der Waals surface area contributed by atoms with E-state index in [-0.39, 0.29) is 42.7 Å². The van der Waals surface area contributed by atoms with E-state index >= 15 is 0 Å². The highest BCUT2D eigenvalue weighted by molar-refractivity contribution is 5.94. The quantitative estimate of drug-likeness (QED) is 0.809. The summed E-state index contributed by atoms with van der Waals surface area (Å²) in [7, 11) is 0. The third-order valence-corrected chi connectivity index (χ3v) is 5.96. The Bertz CT molecular complexity index is 907. The number of anilines is 1. The van der Waals surface area contributed by atoms with E-state index in [2.05, 4.69) is 5.32 Å². The van der Waals surface area contributed by atoms with E-state index < -0.39 is 11.6 Å². The van der Waals surface area contributed by atoms with Crippen molar-refractivity contribution in [2.75, 3.05) is 24.6 Å². The van der Waals surface area contributed by atoms with Gasteiger partial charge in [-0.05, 0) is 36.2 Å². The number of urea groups is 1. The number of carbonyl (C=O) groups excluding carboxylic acids is 1. The molecule has 2 N–H and O–H groups in total. The van der Waals surface area contributed by atoms with Gasteiger partial charge in [0.1, 0.15) is 11.6 Å². The van der Waals surface area contributed by atoms with Crippen LogP contribution in [0.25, 0.3) is 0 Å². The molecular formula is C22H25F2N3O2. The van der Waals surface area contributed by atoms with Gasteiger partial charge in [0.25, 0.3) is 0 Å². The summed E-state index contributed by atoms with van der Waals surface area (Å²) in [4.78, 5) is 16.4. The van der Waals surface area contributed by atoms with Gasteiger partial charge in [-0.1, -0.05) is 25.1 Å². The third-order valence-electron chi connectivity index (χ3n) is 5.96. The van der Waals surface area contributed by atoms with E-state index in [0.29, 0.717) is 13.1 Å². The van der Waals surface area contributed by atoms with Gasteiger partial charge in [0, 0.05) is 48.9 Å². The SMILES string of the molecule is CCCNC(=O)N1C[C@@H]2[C@H](c3ccccc31)[C@@H](CO)N2Cc1cc(F)ccc1F. The van der Waals surface area contributed by atoms with Crippen LogP contribution in [0.5, 0.6) is 0 Å². The summed E-state index contributed by atoms with van der Waals surface area (Å²) in [5.41, 5.74) is 2.10. The van der Waals surface area contributed by atoms with Gasteiger partial charge in [0.15, 0.2) is 0 Å². The standard InChI is InChI=1S/C22H25F2N3O2/c1-2-9-25-22(29)27-12-19-21(16-5-3-4-6-18(16)27)20(13-28)26(19)11-14-10-15(23)7-8-17(14)24/h3-8,10,19-21,28H,2,9,11-13H2,1H3,(H,25,29)/t19-,20-,21+/m1/s1. The number of fused-ring (bicyclic) bond motifs is 3. The van der Waals surface area contributed by atoms with Gasteiger partial charge >= 0.3 is 6.03 Å². The number of nitrogens with zero attached hydrogens (tertiary/aromatic N) is 2. The second-order valence-corrected chi connectivity index (χ2v) is 7.65. The van der Waals surface area contributed by atoms with Crippen molar-refractivity contribution < 1.29 is 18.7 Å². The molecule has 4 rings (SSSR count). The molecule has 2 aliphatic heterocycles. The van der Waals surface area contributed by atoms with Crippen molar-refractivity contribution in [2.24, 2.45) is 0 Å². The Labute approximate surface area is 168 Å². The van der Waals surface area contributed by atoms with Crippen molar-refractivity contribution in [3.8, 4) is 0 Å². The maximum absolute atomic E-state index is 14.2. The fourth-order valence-corrected chi connectivity index (χ4v) is 4.58. The molecule has 0 unspecified atom stereocenters. The number of para-hydroxylation sites is 1. The Morgan fingerprint density at radius 2 is 2.03 bits per heavy atom. The summed E-state index contributed by atoms with van der Waals surface area (Å²) in [6, 6.07) is 10.7. The predicted octanol–water partition coefficient (Wildman–Crippen LogP) is 3.23. The van der Waals surface area contributed by atoms with Gasteiger partial charge in [0.05, 0.1) is 6.61 Å². The molecule has 154 valence electrons. The van der Waals surface area contributed by atoms with Crippen LogP contribution in [0, 0.1) is 11.6 Å². The molecule has 0 aliphatic carbocycles. The lowest BCUT2D eigenvalue weighted by molar-refractivity contribution is -0.0491. The van der Waals surface area contributed by atoms with Crippen LogP contribution in [0.2, 0.25) is 0 Å². The number of amides is 2. The molecule has 2 aliphatic rings. The first-order chi connectivity index (χ1) is 14.0. The lowest BCUT2D eigenvalue weighted by atomic mass is 9.72. The minimum atomic E-state index is -0.492. The van der Waals surface area contributed by atoms with Crippen molar-refractivity contribution in [3.63, 3.8) is 0 Å². The lowest BCUT2D eigenvalue weighted by Crippen LogP contribution is -2.69. The van der Waals surface area contributed by atoms with E-state index in [0.717, 1.165) is 29.8 Å². The third kappa shape index (κ3) is 3.49. The smallest absolute Gasteiger partial charge is 0.321 e. The minimum absolute atomic E-state index is 0.0445. The molecule has 2 aromatic carbocycles. The Hall–Kier alpha value is -2.51. The molecule has 3 atom stereocenters. The molecule has 2 aromatic rings. The lowest BCUT2D eigenvalue weighted by Gasteiger charge is -2.59. The molecule has 0 radical (unpaired) electrons. The number of carbonyl (C=O) groups is 1. The van der Waals surface area contributed by atoms with E-state index in [1.54, 1.807) is 4.90 Å². The number of likely N-dealkylation sites (tertiary alicyclic amines) is 1. The topological polar surface area (TPSA) is 55.8 Å². The summed E-state index contributed by atoms with van der Waals surface area (Å²) in [6.07, 6.45) is 0.838. The normalized spacial score (nSPS) is 23.2. The van der Waals surface area contributed by atoms with Gasteiger partial charge in [-0.25, -0.2) is 13.6 Å². The summed E-state index contributed by atoms with van der Waals surface area (Å²) >= 11 is 0. The molecule has 0 bridgehead atoms. The number of hydrogen-bond donors (Lipinski definition) is 2. The second-order valence-electron chi connectivity index (χ2n) is 7.65. The highest BCUT2D eigenvalue weighted by atomic mass is 19.1. The Morgan fingerprint density at radius 3 is 2.79 bits per heavy atom. The molecule has 1 saturated heterocycles. The Balaban J connectivity index is 1.64. The fraction of sp³-hybridized carbons (Fsp3) is 0.409. The van der Waals surface area contributed by atoms with E-state index in [1.807, 2.05) is 36.1 Å². The molecule has 2 heterocycles. The summed E-state index contributed by atoms with van der Waals surface area (Å²) in [5.74, 6) is -0.920. The Morgan fingerprint density at radius 1 is 1.24 bits per heavy atom. The summed E-state index contributed by atoms with van der Waals surface area (Å²) in [6.45, 7) is 3.11. The monoisotopic (exact) mass is 401 g/mol. The van der Waals surface area contributed by atoms with Gasteiger partial charge in [0.2, 0.25) is 0 Å². The summed E-state index contributed by atoms with van der Waals surface area (Å²) < 4.78 is 27.8. The first-order valence-electron chi connectivity index (χ1n) is 10.00. The van der Waals surface area contributed by atoms with Gasteiger partial charge < -0.3 is 10.4 Å². The first kappa shape index (κ1) is 19.8. The van der Waals surface area contributed by atoms with Crippen LogP contribution >= 0.6 is 0 Å². The van der Waals surface area contributed by atoms with Crippen LogP contribution < -0.4 is 10.2 Å². The minimum Gasteiger partial charge on any atom is -0.395 e. The van der Waals surface area contributed by atoms with Crippen molar-refractivity contribution in [1.29, 1.82) is 0 Å². The van der Waals surface area contributed by atoms with Crippen LogP contribution in [0.4, 0.5) is 19.3 Å². The van der Waals surface area contributed by atoms with E-state index in [4.69, 9.17) is 0 Å². The summed E-state index contributed by atoms with van der Waals surface area (Å²) in [5, 5.41) is 12.9.